The van der Waals surface area contributed by atoms with E-state index in [1.165, 1.54) is 12.1 Å². The van der Waals surface area contributed by atoms with Gasteiger partial charge in [-0.2, -0.15) is 0 Å². The molecule has 0 aromatic heterocycles. The van der Waals surface area contributed by atoms with Gasteiger partial charge in [0.1, 0.15) is 11.9 Å². The van der Waals surface area contributed by atoms with Crippen molar-refractivity contribution in [3.05, 3.63) is 59.7 Å². The average Bonchev–Trinajstić information content (AvgIpc) is 2.95. The average molecular weight is 331 g/mol. The van der Waals surface area contributed by atoms with E-state index < -0.39 is 9.84 Å². The van der Waals surface area contributed by atoms with Gasteiger partial charge in [0.15, 0.2) is 9.84 Å². The molecule has 0 spiro atoms. The Kier molecular flexibility index (Phi) is 4.09. The molecule has 2 aromatic rings. The molecule has 0 unspecified atom stereocenters. The van der Waals surface area contributed by atoms with Crippen LogP contribution in [0.2, 0.25) is 0 Å². The maximum atomic E-state index is 12.2. The molecule has 0 saturated carbocycles. The van der Waals surface area contributed by atoms with Gasteiger partial charge in [-0.05, 0) is 29.8 Å². The second-order valence-corrected chi connectivity index (χ2v) is 7.58. The topological polar surface area (TPSA) is 72.5 Å². The van der Waals surface area contributed by atoms with Crippen molar-refractivity contribution in [2.75, 3.05) is 12.8 Å². The second-order valence-electron chi connectivity index (χ2n) is 5.56. The van der Waals surface area contributed by atoms with Crippen molar-refractivity contribution in [2.45, 2.75) is 17.4 Å². The van der Waals surface area contributed by atoms with Crippen LogP contribution in [0.1, 0.15) is 15.9 Å². The van der Waals surface area contributed by atoms with Crippen LogP contribution in [0, 0.1) is 0 Å². The van der Waals surface area contributed by atoms with Gasteiger partial charge in [0.05, 0.1) is 11.4 Å². The molecule has 120 valence electrons. The zero-order valence-electron chi connectivity index (χ0n) is 12.7. The molecule has 1 aliphatic heterocycles. The van der Waals surface area contributed by atoms with E-state index in [1.807, 2.05) is 24.3 Å². The number of amides is 1. The number of hydrogen-bond acceptors (Lipinski definition) is 4. The maximum Gasteiger partial charge on any atom is 0.251 e. The minimum absolute atomic E-state index is 0.102. The Morgan fingerprint density at radius 1 is 1.22 bits per heavy atom. The van der Waals surface area contributed by atoms with Gasteiger partial charge >= 0.3 is 0 Å². The molecule has 1 amide bonds. The molecular formula is C17H17NO4S. The number of carbonyl (C=O) groups excluding carboxylic acids is 1. The van der Waals surface area contributed by atoms with Gasteiger partial charge in [0, 0.05) is 18.2 Å². The Labute approximate surface area is 135 Å². The maximum absolute atomic E-state index is 12.2. The first-order chi connectivity index (χ1) is 10.9. The Morgan fingerprint density at radius 3 is 2.74 bits per heavy atom. The Bertz CT molecular complexity index is 820. The van der Waals surface area contributed by atoms with Gasteiger partial charge in [-0.15, -0.1) is 0 Å². The highest BCUT2D eigenvalue weighted by Gasteiger charge is 2.23. The highest BCUT2D eigenvalue weighted by Crippen LogP contribution is 2.27. The van der Waals surface area contributed by atoms with Gasteiger partial charge < -0.3 is 10.1 Å². The number of rotatable bonds is 4. The molecule has 1 atom stereocenters. The van der Waals surface area contributed by atoms with E-state index >= 15 is 0 Å². The third kappa shape index (κ3) is 3.53. The number of hydrogen-bond donors (Lipinski definition) is 1. The number of fused-ring (bicyclic) bond motifs is 1. The molecule has 0 radical (unpaired) electrons. The third-order valence-corrected chi connectivity index (χ3v) is 4.84. The lowest BCUT2D eigenvalue weighted by Gasteiger charge is -2.12. The fraction of sp³-hybridized carbons (Fsp3) is 0.235. The first-order valence-corrected chi connectivity index (χ1v) is 9.15. The van der Waals surface area contributed by atoms with Crippen LogP contribution in [0.25, 0.3) is 0 Å². The molecular weight excluding hydrogens is 314 g/mol. The highest BCUT2D eigenvalue weighted by atomic mass is 32.2. The van der Waals surface area contributed by atoms with Gasteiger partial charge in [0.2, 0.25) is 0 Å². The van der Waals surface area contributed by atoms with Crippen LogP contribution in [0.4, 0.5) is 0 Å². The van der Waals surface area contributed by atoms with E-state index in [1.54, 1.807) is 12.1 Å². The fourth-order valence-corrected chi connectivity index (χ4v) is 3.21. The van der Waals surface area contributed by atoms with Crippen molar-refractivity contribution >= 4 is 15.7 Å². The zero-order valence-corrected chi connectivity index (χ0v) is 13.5. The summed E-state index contributed by atoms with van der Waals surface area (Å²) in [4.78, 5) is 12.3. The molecule has 3 rings (SSSR count). The van der Waals surface area contributed by atoms with Crippen molar-refractivity contribution < 1.29 is 17.9 Å². The van der Waals surface area contributed by atoms with Gasteiger partial charge in [0.25, 0.3) is 5.91 Å². The summed E-state index contributed by atoms with van der Waals surface area (Å²) in [5.41, 5.74) is 1.45. The van der Waals surface area contributed by atoms with Crippen LogP contribution < -0.4 is 10.1 Å². The largest absolute Gasteiger partial charge is 0.488 e. The van der Waals surface area contributed by atoms with Crippen molar-refractivity contribution in [3.63, 3.8) is 0 Å². The Hall–Kier alpha value is -2.34. The summed E-state index contributed by atoms with van der Waals surface area (Å²) in [6.45, 7) is 0.372. The van der Waals surface area contributed by atoms with Crippen LogP contribution in [0.15, 0.2) is 53.4 Å². The molecule has 0 aliphatic carbocycles. The third-order valence-electron chi connectivity index (χ3n) is 3.73. The van der Waals surface area contributed by atoms with Gasteiger partial charge in [-0.25, -0.2) is 8.42 Å². The standard InChI is InChI=1S/C17H17NO4S/c1-23(20,21)15-7-4-6-13(10-15)17(19)18-11-14-9-12-5-2-3-8-16(12)22-14/h2-8,10,14H,9,11H2,1H3,(H,18,19)/t14-/m0/s1. The van der Waals surface area contributed by atoms with Crippen molar-refractivity contribution in [1.82, 2.24) is 5.32 Å². The monoisotopic (exact) mass is 331 g/mol. The van der Waals surface area contributed by atoms with Crippen molar-refractivity contribution in [2.24, 2.45) is 0 Å². The quantitative estimate of drug-likeness (QED) is 0.927. The molecule has 0 bridgehead atoms. The van der Waals surface area contributed by atoms with E-state index in [0.29, 0.717) is 12.1 Å². The van der Waals surface area contributed by atoms with E-state index in [-0.39, 0.29) is 16.9 Å². The fourth-order valence-electron chi connectivity index (χ4n) is 2.54. The summed E-state index contributed by atoms with van der Waals surface area (Å²) in [7, 11) is -3.33. The van der Waals surface area contributed by atoms with Gasteiger partial charge in [-0.3, -0.25) is 4.79 Å². The molecule has 1 aliphatic rings. The first kappa shape index (κ1) is 15.6. The number of para-hydroxylation sites is 1. The van der Waals surface area contributed by atoms with Crippen LogP contribution in [0.3, 0.4) is 0 Å². The number of nitrogens with one attached hydrogen (secondary N) is 1. The SMILES string of the molecule is CS(=O)(=O)c1cccc(C(=O)NC[C@@H]2Cc3ccccc3O2)c1. The molecule has 23 heavy (non-hydrogen) atoms. The van der Waals surface area contributed by atoms with E-state index in [9.17, 15) is 13.2 Å². The first-order valence-electron chi connectivity index (χ1n) is 7.26. The lowest BCUT2D eigenvalue weighted by molar-refractivity contribution is 0.0933. The molecule has 6 heteroatoms. The molecule has 1 N–H and O–H groups in total. The summed E-state index contributed by atoms with van der Waals surface area (Å²) >= 11 is 0. The summed E-state index contributed by atoms with van der Waals surface area (Å²) in [5.74, 6) is 0.542. The number of benzene rings is 2. The molecule has 2 aromatic carbocycles. The summed E-state index contributed by atoms with van der Waals surface area (Å²) < 4.78 is 28.9. The van der Waals surface area contributed by atoms with Crippen molar-refractivity contribution in [1.29, 1.82) is 0 Å². The Morgan fingerprint density at radius 2 is 2.00 bits per heavy atom. The van der Waals surface area contributed by atoms with Crippen molar-refractivity contribution in [3.8, 4) is 5.75 Å². The molecule has 0 saturated heterocycles. The summed E-state index contributed by atoms with van der Waals surface area (Å²) in [6, 6.07) is 13.8. The van der Waals surface area contributed by atoms with Gasteiger partial charge in [-0.1, -0.05) is 24.3 Å². The molecule has 0 fully saturated rings. The van der Waals surface area contributed by atoms with E-state index in [2.05, 4.69) is 5.32 Å². The highest BCUT2D eigenvalue weighted by molar-refractivity contribution is 7.90. The normalized spacial score (nSPS) is 16.5. The lowest BCUT2D eigenvalue weighted by atomic mass is 10.1. The smallest absolute Gasteiger partial charge is 0.251 e. The minimum atomic E-state index is -3.33. The molecule has 1 heterocycles. The lowest BCUT2D eigenvalue weighted by Crippen LogP contribution is -2.34. The molecule has 5 nitrogen and oxygen atoms in total. The van der Waals surface area contributed by atoms with Crippen LogP contribution in [0.5, 0.6) is 5.75 Å². The number of sulfone groups is 1. The van der Waals surface area contributed by atoms with E-state index in [4.69, 9.17) is 4.74 Å². The summed E-state index contributed by atoms with van der Waals surface area (Å²) in [6.07, 6.45) is 1.77. The number of carbonyl (C=O) groups is 1. The zero-order chi connectivity index (χ0) is 16.4. The number of ether oxygens (including phenoxy) is 1. The van der Waals surface area contributed by atoms with Crippen LogP contribution >= 0.6 is 0 Å². The minimum Gasteiger partial charge on any atom is -0.488 e. The van der Waals surface area contributed by atoms with E-state index in [0.717, 1.165) is 24.0 Å². The predicted molar refractivity (Wildman–Crippen MR) is 86.4 cm³/mol. The predicted octanol–water partition coefficient (Wildman–Crippen LogP) is 1.82. The Balaban J connectivity index is 1.63. The van der Waals surface area contributed by atoms with Crippen LogP contribution in [-0.2, 0) is 16.3 Å². The second kappa shape index (κ2) is 6.04. The summed E-state index contributed by atoms with van der Waals surface area (Å²) in [5, 5.41) is 2.80. The van der Waals surface area contributed by atoms with Crippen LogP contribution in [-0.4, -0.2) is 33.2 Å².